The molecule has 0 aliphatic carbocycles. The Balaban J connectivity index is 3.40. The Morgan fingerprint density at radius 1 is 1.47 bits per heavy atom. The number of rotatable bonds is 4. The van der Waals surface area contributed by atoms with E-state index in [1.54, 1.807) is 13.8 Å². The Labute approximate surface area is 102 Å². The summed E-state index contributed by atoms with van der Waals surface area (Å²) in [6.45, 7) is 9.49. The molecule has 0 aliphatic heterocycles. The first-order valence-corrected chi connectivity index (χ1v) is 5.97. The van der Waals surface area contributed by atoms with E-state index in [0.717, 1.165) is 22.5 Å². The quantitative estimate of drug-likeness (QED) is 0.287. The number of hydrogen-bond acceptors (Lipinski definition) is 3. The molecular weight excluding hydrogens is 218 g/mol. The highest BCUT2D eigenvalue weighted by molar-refractivity contribution is 5.85. The van der Waals surface area contributed by atoms with Crippen molar-refractivity contribution in [3.8, 4) is 0 Å². The van der Waals surface area contributed by atoms with E-state index < -0.39 is 0 Å². The van der Waals surface area contributed by atoms with Crippen molar-refractivity contribution < 1.29 is 9.94 Å². The van der Waals surface area contributed by atoms with Gasteiger partial charge in [-0.3, -0.25) is 0 Å². The van der Waals surface area contributed by atoms with E-state index in [0.29, 0.717) is 18.0 Å². The van der Waals surface area contributed by atoms with Gasteiger partial charge < -0.3 is 10.4 Å². The standard InChI is InChI=1S/C12H21N3O2/c1-6-11(8(3)13-16)14-9(4)12(7-2)15(17)10(14)5/h11,16H,6-7H2,1-5H3/b13-8+. The molecular formula is C12H21N3O2. The summed E-state index contributed by atoms with van der Waals surface area (Å²) in [5.41, 5.74) is 2.36. The lowest BCUT2D eigenvalue weighted by atomic mass is 10.1. The lowest BCUT2D eigenvalue weighted by Crippen LogP contribution is -2.33. The predicted octanol–water partition coefficient (Wildman–Crippen LogP) is 2.10. The molecule has 1 rings (SSSR count). The summed E-state index contributed by atoms with van der Waals surface area (Å²) < 4.78 is 2.93. The van der Waals surface area contributed by atoms with Crippen LogP contribution in [0.4, 0.5) is 0 Å². The van der Waals surface area contributed by atoms with Gasteiger partial charge in [-0.05, 0) is 13.3 Å². The zero-order chi connectivity index (χ0) is 13.2. The van der Waals surface area contributed by atoms with Gasteiger partial charge in [0.25, 0.3) is 5.82 Å². The monoisotopic (exact) mass is 239 g/mol. The molecule has 1 aromatic heterocycles. The van der Waals surface area contributed by atoms with Gasteiger partial charge in [-0.2, -0.15) is 0 Å². The van der Waals surface area contributed by atoms with E-state index in [2.05, 4.69) is 5.16 Å². The number of hydrogen-bond donors (Lipinski definition) is 1. The highest BCUT2D eigenvalue weighted by Crippen LogP contribution is 2.20. The molecule has 0 amide bonds. The molecule has 1 N–H and O–H groups in total. The minimum absolute atomic E-state index is 0.0551. The van der Waals surface area contributed by atoms with Crippen LogP contribution >= 0.6 is 0 Å². The van der Waals surface area contributed by atoms with E-state index in [1.165, 1.54) is 0 Å². The third-order valence-corrected chi connectivity index (χ3v) is 3.34. The van der Waals surface area contributed by atoms with Crippen LogP contribution in [0.25, 0.3) is 0 Å². The van der Waals surface area contributed by atoms with Crippen LogP contribution in [0.15, 0.2) is 5.16 Å². The van der Waals surface area contributed by atoms with Gasteiger partial charge in [0.15, 0.2) is 0 Å². The van der Waals surface area contributed by atoms with Gasteiger partial charge in [-0.25, -0.2) is 9.30 Å². The van der Waals surface area contributed by atoms with Crippen LogP contribution in [0.2, 0.25) is 0 Å². The van der Waals surface area contributed by atoms with E-state index >= 15 is 0 Å². The predicted molar refractivity (Wildman–Crippen MR) is 66.5 cm³/mol. The van der Waals surface area contributed by atoms with Crippen molar-refractivity contribution in [1.29, 1.82) is 0 Å². The van der Waals surface area contributed by atoms with Gasteiger partial charge in [0.2, 0.25) is 0 Å². The molecule has 0 spiro atoms. The van der Waals surface area contributed by atoms with E-state index in [4.69, 9.17) is 5.21 Å². The van der Waals surface area contributed by atoms with Crippen molar-refractivity contribution >= 4 is 5.71 Å². The first kappa shape index (κ1) is 13.5. The van der Waals surface area contributed by atoms with E-state index in [1.807, 2.05) is 25.3 Å². The van der Waals surface area contributed by atoms with Gasteiger partial charge in [0, 0.05) is 20.3 Å². The van der Waals surface area contributed by atoms with Gasteiger partial charge in [0.1, 0.15) is 17.4 Å². The summed E-state index contributed by atoms with van der Waals surface area (Å²) in [5.74, 6) is 0.647. The SMILES string of the molecule is CCc1c(C)n(C(CC)/C(C)=N/O)c(C)[n+]1[O-]. The van der Waals surface area contributed by atoms with Crippen LogP contribution in [0.5, 0.6) is 0 Å². The van der Waals surface area contributed by atoms with Crippen molar-refractivity contribution in [3.63, 3.8) is 0 Å². The molecule has 1 unspecified atom stereocenters. The zero-order valence-corrected chi connectivity index (χ0v) is 11.2. The third-order valence-electron chi connectivity index (χ3n) is 3.34. The lowest BCUT2D eigenvalue weighted by molar-refractivity contribution is -0.620. The van der Waals surface area contributed by atoms with Crippen LogP contribution < -0.4 is 4.73 Å². The van der Waals surface area contributed by atoms with Crippen molar-refractivity contribution in [2.24, 2.45) is 5.16 Å². The number of aromatic nitrogens is 2. The van der Waals surface area contributed by atoms with Crippen molar-refractivity contribution in [3.05, 3.63) is 22.4 Å². The first-order chi connectivity index (χ1) is 7.99. The van der Waals surface area contributed by atoms with E-state index in [-0.39, 0.29) is 6.04 Å². The molecule has 1 atom stereocenters. The second-order valence-electron chi connectivity index (χ2n) is 4.26. The highest BCUT2D eigenvalue weighted by atomic mass is 16.5. The summed E-state index contributed by atoms with van der Waals surface area (Å²) >= 11 is 0. The normalized spacial score (nSPS) is 14.1. The Hall–Kier alpha value is -1.52. The van der Waals surface area contributed by atoms with E-state index in [9.17, 15) is 5.21 Å². The Bertz CT molecular complexity index is 435. The molecule has 0 aliphatic rings. The lowest BCUT2D eigenvalue weighted by Gasteiger charge is -2.13. The van der Waals surface area contributed by atoms with Crippen LogP contribution in [-0.2, 0) is 6.42 Å². The summed E-state index contributed by atoms with van der Waals surface area (Å²) in [6.07, 6.45) is 1.49. The Kier molecular flexibility index (Phi) is 4.15. The first-order valence-electron chi connectivity index (χ1n) is 5.97. The van der Waals surface area contributed by atoms with Gasteiger partial charge in [0.05, 0.1) is 5.71 Å². The summed E-state index contributed by atoms with van der Waals surface area (Å²) in [6, 6.07) is -0.0551. The molecule has 5 nitrogen and oxygen atoms in total. The van der Waals surface area contributed by atoms with Gasteiger partial charge in [-0.15, -0.1) is 0 Å². The van der Waals surface area contributed by atoms with Crippen LogP contribution in [0.1, 0.15) is 50.4 Å². The summed E-state index contributed by atoms with van der Waals surface area (Å²) in [4.78, 5) is 0. The molecule has 17 heavy (non-hydrogen) atoms. The average Bonchev–Trinajstić information content (AvgIpc) is 2.53. The van der Waals surface area contributed by atoms with Crippen LogP contribution in [0.3, 0.4) is 0 Å². The maximum atomic E-state index is 12.0. The molecule has 96 valence electrons. The largest absolute Gasteiger partial charge is 0.711 e. The maximum Gasteiger partial charge on any atom is 0.257 e. The molecule has 0 radical (unpaired) electrons. The van der Waals surface area contributed by atoms with Crippen molar-refractivity contribution in [1.82, 2.24) is 4.57 Å². The third kappa shape index (κ3) is 2.14. The average molecular weight is 239 g/mol. The molecule has 0 saturated heterocycles. The summed E-state index contributed by atoms with van der Waals surface area (Å²) in [7, 11) is 0. The molecule has 0 saturated carbocycles. The topological polar surface area (TPSA) is 64.5 Å². The highest BCUT2D eigenvalue weighted by Gasteiger charge is 2.27. The molecule has 1 aromatic rings. The van der Waals surface area contributed by atoms with Gasteiger partial charge >= 0.3 is 0 Å². The van der Waals surface area contributed by atoms with Gasteiger partial charge in [-0.1, -0.05) is 19.0 Å². The minimum Gasteiger partial charge on any atom is -0.711 e. The summed E-state index contributed by atoms with van der Waals surface area (Å²) in [5, 5.41) is 24.1. The fourth-order valence-corrected chi connectivity index (χ4v) is 2.41. The second-order valence-corrected chi connectivity index (χ2v) is 4.26. The molecule has 0 bridgehead atoms. The van der Waals surface area contributed by atoms with Crippen molar-refractivity contribution in [2.75, 3.05) is 0 Å². The van der Waals surface area contributed by atoms with Crippen LogP contribution in [0, 0.1) is 19.1 Å². The zero-order valence-electron chi connectivity index (χ0n) is 11.2. The fraction of sp³-hybridized carbons (Fsp3) is 0.667. The number of nitrogens with zero attached hydrogens (tertiary/aromatic N) is 3. The smallest absolute Gasteiger partial charge is 0.257 e. The minimum atomic E-state index is -0.0551. The molecule has 1 heterocycles. The van der Waals surface area contributed by atoms with Crippen LogP contribution in [-0.4, -0.2) is 15.5 Å². The molecule has 0 aromatic carbocycles. The maximum absolute atomic E-state index is 12.0. The molecule has 5 heteroatoms. The molecule has 0 fully saturated rings. The number of oxime groups is 1. The second kappa shape index (κ2) is 5.21. The Morgan fingerprint density at radius 2 is 2.06 bits per heavy atom. The number of imidazole rings is 1. The Morgan fingerprint density at radius 3 is 2.41 bits per heavy atom. The fourth-order valence-electron chi connectivity index (χ4n) is 2.41. The van der Waals surface area contributed by atoms with Crippen molar-refractivity contribution in [2.45, 2.75) is 53.5 Å².